The van der Waals surface area contributed by atoms with E-state index >= 15 is 0 Å². The van der Waals surface area contributed by atoms with Crippen molar-refractivity contribution in [1.82, 2.24) is 15.3 Å². The van der Waals surface area contributed by atoms with Crippen LogP contribution in [0.5, 0.6) is 0 Å². The SMILES string of the molecule is CCCNC(c1csc(C)n1)C1CCCc2cccnc21. The molecule has 21 heavy (non-hydrogen) atoms. The number of rotatable bonds is 5. The maximum absolute atomic E-state index is 4.74. The molecule has 0 aliphatic heterocycles. The molecule has 1 aliphatic rings. The van der Waals surface area contributed by atoms with Gasteiger partial charge in [-0.1, -0.05) is 13.0 Å². The first-order chi connectivity index (χ1) is 10.3. The molecule has 4 heteroatoms. The van der Waals surface area contributed by atoms with Gasteiger partial charge < -0.3 is 5.32 Å². The van der Waals surface area contributed by atoms with E-state index in [1.54, 1.807) is 11.3 Å². The Balaban J connectivity index is 1.93. The molecule has 3 rings (SSSR count). The van der Waals surface area contributed by atoms with Gasteiger partial charge in [-0.2, -0.15) is 0 Å². The molecule has 2 aromatic rings. The van der Waals surface area contributed by atoms with E-state index in [0.29, 0.717) is 12.0 Å². The quantitative estimate of drug-likeness (QED) is 0.907. The molecule has 0 saturated heterocycles. The van der Waals surface area contributed by atoms with Gasteiger partial charge in [0.1, 0.15) is 0 Å². The summed E-state index contributed by atoms with van der Waals surface area (Å²) in [7, 11) is 0. The van der Waals surface area contributed by atoms with Gasteiger partial charge in [-0.25, -0.2) is 4.98 Å². The van der Waals surface area contributed by atoms with Crippen LogP contribution in [0.4, 0.5) is 0 Å². The molecule has 2 unspecified atom stereocenters. The molecule has 2 heterocycles. The van der Waals surface area contributed by atoms with Crippen molar-refractivity contribution >= 4 is 11.3 Å². The fourth-order valence-electron chi connectivity index (χ4n) is 3.25. The number of pyridine rings is 1. The second kappa shape index (κ2) is 6.67. The lowest BCUT2D eigenvalue weighted by Crippen LogP contribution is -2.30. The van der Waals surface area contributed by atoms with Gasteiger partial charge in [-0.05, 0) is 50.8 Å². The van der Waals surface area contributed by atoms with E-state index in [1.807, 2.05) is 6.20 Å². The Morgan fingerprint density at radius 2 is 2.38 bits per heavy atom. The van der Waals surface area contributed by atoms with Crippen LogP contribution >= 0.6 is 11.3 Å². The molecule has 112 valence electrons. The largest absolute Gasteiger partial charge is 0.308 e. The van der Waals surface area contributed by atoms with E-state index in [4.69, 9.17) is 9.97 Å². The van der Waals surface area contributed by atoms with E-state index in [-0.39, 0.29) is 0 Å². The van der Waals surface area contributed by atoms with Crippen molar-refractivity contribution < 1.29 is 0 Å². The van der Waals surface area contributed by atoms with Crippen LogP contribution in [0.25, 0.3) is 0 Å². The Morgan fingerprint density at radius 3 is 3.14 bits per heavy atom. The van der Waals surface area contributed by atoms with Crippen molar-refractivity contribution in [3.8, 4) is 0 Å². The summed E-state index contributed by atoms with van der Waals surface area (Å²) < 4.78 is 0. The molecular formula is C17H23N3S. The van der Waals surface area contributed by atoms with Crippen LogP contribution in [0.15, 0.2) is 23.7 Å². The van der Waals surface area contributed by atoms with Crippen molar-refractivity contribution in [1.29, 1.82) is 0 Å². The molecule has 1 aliphatic carbocycles. The van der Waals surface area contributed by atoms with Crippen LogP contribution in [-0.4, -0.2) is 16.5 Å². The number of fused-ring (bicyclic) bond motifs is 1. The lowest BCUT2D eigenvalue weighted by atomic mass is 9.81. The normalized spacial score (nSPS) is 19.2. The van der Waals surface area contributed by atoms with Crippen molar-refractivity contribution in [2.75, 3.05) is 6.54 Å². The Hall–Kier alpha value is -1.26. The van der Waals surface area contributed by atoms with Gasteiger partial charge in [-0.3, -0.25) is 4.98 Å². The topological polar surface area (TPSA) is 37.8 Å². The summed E-state index contributed by atoms with van der Waals surface area (Å²) in [5.74, 6) is 0.447. The zero-order chi connectivity index (χ0) is 14.7. The summed E-state index contributed by atoms with van der Waals surface area (Å²) in [6.45, 7) is 5.32. The molecule has 2 aromatic heterocycles. The summed E-state index contributed by atoms with van der Waals surface area (Å²) in [6, 6.07) is 4.59. The highest BCUT2D eigenvalue weighted by molar-refractivity contribution is 7.09. The summed E-state index contributed by atoms with van der Waals surface area (Å²) in [6.07, 6.45) is 6.68. The van der Waals surface area contributed by atoms with Crippen LogP contribution in [0.3, 0.4) is 0 Å². The summed E-state index contributed by atoms with van der Waals surface area (Å²) >= 11 is 1.74. The Labute approximate surface area is 130 Å². The lowest BCUT2D eigenvalue weighted by Gasteiger charge is -2.31. The number of aromatic nitrogens is 2. The molecule has 0 saturated carbocycles. The lowest BCUT2D eigenvalue weighted by molar-refractivity contribution is 0.388. The van der Waals surface area contributed by atoms with Crippen molar-refractivity contribution in [3.05, 3.63) is 45.7 Å². The minimum atomic E-state index is 0.295. The third-order valence-electron chi connectivity index (χ3n) is 4.21. The van der Waals surface area contributed by atoms with Crippen LogP contribution < -0.4 is 5.32 Å². The predicted molar refractivity (Wildman–Crippen MR) is 87.8 cm³/mol. The number of thiazole rings is 1. The highest BCUT2D eigenvalue weighted by Crippen LogP contribution is 2.39. The second-order valence-corrected chi connectivity index (χ2v) is 6.83. The predicted octanol–water partition coefficient (Wildman–Crippen LogP) is 4.01. The van der Waals surface area contributed by atoms with Crippen molar-refractivity contribution in [2.45, 2.75) is 51.5 Å². The first-order valence-corrected chi connectivity index (χ1v) is 8.76. The second-order valence-electron chi connectivity index (χ2n) is 5.77. The minimum absolute atomic E-state index is 0.295. The number of hydrogen-bond donors (Lipinski definition) is 1. The average Bonchev–Trinajstić information content (AvgIpc) is 2.94. The van der Waals surface area contributed by atoms with Gasteiger partial charge in [0.05, 0.1) is 16.7 Å². The molecule has 0 amide bonds. The van der Waals surface area contributed by atoms with Crippen molar-refractivity contribution in [2.24, 2.45) is 0 Å². The van der Waals surface area contributed by atoms with Gasteiger partial charge in [0.25, 0.3) is 0 Å². The van der Waals surface area contributed by atoms with E-state index in [9.17, 15) is 0 Å². The number of hydrogen-bond acceptors (Lipinski definition) is 4. The minimum Gasteiger partial charge on any atom is -0.308 e. The van der Waals surface area contributed by atoms with Gasteiger partial charge in [0, 0.05) is 23.2 Å². The third-order valence-corrected chi connectivity index (χ3v) is 5.00. The average molecular weight is 301 g/mol. The van der Waals surface area contributed by atoms with Gasteiger partial charge in [0.15, 0.2) is 0 Å². The zero-order valence-corrected chi connectivity index (χ0v) is 13.6. The standard InChI is InChI=1S/C17H23N3S/c1-3-9-18-17(15-11-21-12(2)20-15)14-8-4-6-13-7-5-10-19-16(13)14/h5,7,10-11,14,17-18H,3-4,6,8-9H2,1-2H3. The van der Waals surface area contributed by atoms with Crippen molar-refractivity contribution in [3.63, 3.8) is 0 Å². The van der Waals surface area contributed by atoms with E-state index < -0.39 is 0 Å². The molecule has 2 atom stereocenters. The summed E-state index contributed by atoms with van der Waals surface area (Å²) in [4.78, 5) is 9.44. The number of aryl methyl sites for hydroxylation is 2. The Kier molecular flexibility index (Phi) is 4.66. The fourth-order valence-corrected chi connectivity index (χ4v) is 3.89. The van der Waals surface area contributed by atoms with E-state index in [2.05, 4.69) is 36.7 Å². The molecular weight excluding hydrogens is 278 g/mol. The fraction of sp³-hybridized carbons (Fsp3) is 0.529. The monoisotopic (exact) mass is 301 g/mol. The third kappa shape index (κ3) is 3.16. The maximum atomic E-state index is 4.74. The molecule has 1 N–H and O–H groups in total. The van der Waals surface area contributed by atoms with E-state index in [0.717, 1.165) is 24.4 Å². The number of nitrogens with one attached hydrogen (secondary N) is 1. The molecule has 0 radical (unpaired) electrons. The van der Waals surface area contributed by atoms with Gasteiger partial charge in [0.2, 0.25) is 0 Å². The van der Waals surface area contributed by atoms with Crippen LogP contribution in [0.2, 0.25) is 0 Å². The Bertz CT molecular complexity index is 593. The van der Waals surface area contributed by atoms with Crippen LogP contribution in [-0.2, 0) is 6.42 Å². The molecule has 0 aromatic carbocycles. The summed E-state index contributed by atoms with van der Waals surface area (Å²) in [5, 5.41) is 7.07. The van der Waals surface area contributed by atoms with Crippen LogP contribution in [0.1, 0.15) is 60.1 Å². The number of nitrogens with zero attached hydrogens (tertiary/aromatic N) is 2. The summed E-state index contributed by atoms with van der Waals surface area (Å²) in [5.41, 5.74) is 3.89. The highest BCUT2D eigenvalue weighted by Gasteiger charge is 2.31. The maximum Gasteiger partial charge on any atom is 0.0898 e. The molecule has 0 fully saturated rings. The van der Waals surface area contributed by atoms with Crippen LogP contribution in [0, 0.1) is 6.92 Å². The van der Waals surface area contributed by atoms with E-state index in [1.165, 1.54) is 29.8 Å². The van der Waals surface area contributed by atoms with Gasteiger partial charge >= 0.3 is 0 Å². The Morgan fingerprint density at radius 1 is 1.48 bits per heavy atom. The molecule has 0 bridgehead atoms. The first-order valence-electron chi connectivity index (χ1n) is 7.88. The molecule has 0 spiro atoms. The smallest absolute Gasteiger partial charge is 0.0898 e. The highest BCUT2D eigenvalue weighted by atomic mass is 32.1. The first kappa shape index (κ1) is 14.7. The molecule has 3 nitrogen and oxygen atoms in total. The zero-order valence-electron chi connectivity index (χ0n) is 12.8. The van der Waals surface area contributed by atoms with Gasteiger partial charge in [-0.15, -0.1) is 11.3 Å².